The number of imide groups is 1. The zero-order valence-corrected chi connectivity index (χ0v) is 17.3. The lowest BCUT2D eigenvalue weighted by molar-refractivity contribution is -0.128. The Balaban J connectivity index is 1.71. The normalized spacial score (nSPS) is 20.6. The predicted octanol–water partition coefficient (Wildman–Crippen LogP) is 1.75. The van der Waals surface area contributed by atoms with Gasteiger partial charge in [-0.3, -0.25) is 14.5 Å². The van der Waals surface area contributed by atoms with Gasteiger partial charge in [0, 0.05) is 38.1 Å². The van der Waals surface area contributed by atoms with Crippen LogP contribution in [0, 0.1) is 0 Å². The van der Waals surface area contributed by atoms with Gasteiger partial charge in [-0.1, -0.05) is 18.2 Å². The Morgan fingerprint density at radius 2 is 2.03 bits per heavy atom. The molecular formula is C22H29N3O5. The first-order valence-electron chi connectivity index (χ1n) is 10.2. The molecule has 0 spiro atoms. The number of amides is 4. The molecule has 0 radical (unpaired) electrons. The Labute approximate surface area is 176 Å². The minimum atomic E-state index is -0.681. The predicted molar refractivity (Wildman–Crippen MR) is 111 cm³/mol. The zero-order valence-electron chi connectivity index (χ0n) is 17.3. The van der Waals surface area contributed by atoms with E-state index < -0.39 is 12.1 Å². The Hall–Kier alpha value is -2.87. The number of rotatable bonds is 9. The van der Waals surface area contributed by atoms with E-state index in [-0.39, 0.29) is 36.6 Å². The first kappa shape index (κ1) is 21.8. The zero-order chi connectivity index (χ0) is 21.6. The average molecular weight is 415 g/mol. The molecule has 8 heteroatoms. The van der Waals surface area contributed by atoms with Gasteiger partial charge in [0.2, 0.25) is 5.91 Å². The Kier molecular flexibility index (Phi) is 7.10. The highest BCUT2D eigenvalue weighted by molar-refractivity contribution is 6.04. The number of nitrogens with one attached hydrogen (secondary N) is 2. The standard InChI is InChI=1S/C22H29N3O5/c1-3-12-23-19(26)9-8-18-20(27)25(21(28)24-18)15-22(10-13-30-14-11-22)16-4-6-17(29-2)7-5-16/h3-7,18H,1,8-15H2,2H3,(H,23,26)(H,24,28). The molecule has 2 heterocycles. The fraction of sp³-hybridized carbons (Fsp3) is 0.500. The molecule has 30 heavy (non-hydrogen) atoms. The van der Waals surface area contributed by atoms with Crippen LogP contribution >= 0.6 is 0 Å². The summed E-state index contributed by atoms with van der Waals surface area (Å²) in [5, 5.41) is 5.41. The fourth-order valence-corrected chi connectivity index (χ4v) is 4.02. The molecule has 2 N–H and O–H groups in total. The van der Waals surface area contributed by atoms with E-state index in [1.807, 2.05) is 24.3 Å². The van der Waals surface area contributed by atoms with Crippen molar-refractivity contribution < 1.29 is 23.9 Å². The van der Waals surface area contributed by atoms with Crippen molar-refractivity contribution in [1.29, 1.82) is 0 Å². The molecule has 2 saturated heterocycles. The number of carbonyl (C=O) groups excluding carboxylic acids is 3. The van der Waals surface area contributed by atoms with Crippen molar-refractivity contribution in [1.82, 2.24) is 15.5 Å². The van der Waals surface area contributed by atoms with Gasteiger partial charge in [-0.05, 0) is 37.0 Å². The van der Waals surface area contributed by atoms with Crippen molar-refractivity contribution in [3.8, 4) is 5.75 Å². The molecule has 0 aliphatic carbocycles. The summed E-state index contributed by atoms with van der Waals surface area (Å²) in [6.07, 6.45) is 3.45. The van der Waals surface area contributed by atoms with E-state index in [0.29, 0.717) is 32.6 Å². The van der Waals surface area contributed by atoms with Crippen LogP contribution < -0.4 is 15.4 Å². The van der Waals surface area contributed by atoms with Crippen molar-refractivity contribution in [2.45, 2.75) is 37.1 Å². The molecule has 2 aliphatic heterocycles. The van der Waals surface area contributed by atoms with Crippen LogP contribution in [0.2, 0.25) is 0 Å². The van der Waals surface area contributed by atoms with Crippen LogP contribution in [0.1, 0.15) is 31.2 Å². The molecule has 1 aromatic rings. The van der Waals surface area contributed by atoms with Gasteiger partial charge in [-0.25, -0.2) is 4.79 Å². The lowest BCUT2D eigenvalue weighted by Crippen LogP contribution is -2.47. The minimum Gasteiger partial charge on any atom is -0.497 e. The number of carbonyl (C=O) groups is 3. The van der Waals surface area contributed by atoms with Crippen LogP contribution in [-0.4, -0.2) is 62.2 Å². The van der Waals surface area contributed by atoms with Crippen molar-refractivity contribution in [2.75, 3.05) is 33.4 Å². The number of hydrogen-bond acceptors (Lipinski definition) is 5. The van der Waals surface area contributed by atoms with Gasteiger partial charge < -0.3 is 20.1 Å². The summed E-state index contributed by atoms with van der Waals surface area (Å²) in [5.41, 5.74) is 0.688. The molecule has 1 aromatic carbocycles. The topological polar surface area (TPSA) is 97.0 Å². The molecule has 2 aliphatic rings. The molecule has 1 atom stereocenters. The Morgan fingerprint density at radius 3 is 2.67 bits per heavy atom. The second kappa shape index (κ2) is 9.75. The Bertz CT molecular complexity index is 786. The smallest absolute Gasteiger partial charge is 0.324 e. The summed E-state index contributed by atoms with van der Waals surface area (Å²) in [4.78, 5) is 38.6. The lowest BCUT2D eigenvalue weighted by atomic mass is 9.73. The van der Waals surface area contributed by atoms with Gasteiger partial charge in [0.05, 0.1) is 7.11 Å². The van der Waals surface area contributed by atoms with E-state index in [1.54, 1.807) is 13.2 Å². The number of benzene rings is 1. The molecule has 0 aromatic heterocycles. The van der Waals surface area contributed by atoms with Crippen LogP contribution in [0.5, 0.6) is 5.75 Å². The average Bonchev–Trinajstić information content (AvgIpc) is 3.04. The van der Waals surface area contributed by atoms with Gasteiger partial charge in [0.1, 0.15) is 11.8 Å². The molecule has 1 unspecified atom stereocenters. The summed E-state index contributed by atoms with van der Waals surface area (Å²) in [5.74, 6) is 0.302. The second-order valence-corrected chi connectivity index (χ2v) is 7.68. The molecule has 8 nitrogen and oxygen atoms in total. The summed E-state index contributed by atoms with van der Waals surface area (Å²) >= 11 is 0. The highest BCUT2D eigenvalue weighted by atomic mass is 16.5. The van der Waals surface area contributed by atoms with Gasteiger partial charge in [0.25, 0.3) is 5.91 Å². The Morgan fingerprint density at radius 1 is 1.33 bits per heavy atom. The maximum absolute atomic E-state index is 12.9. The van der Waals surface area contributed by atoms with E-state index >= 15 is 0 Å². The summed E-state index contributed by atoms with van der Waals surface area (Å²) in [6, 6.07) is 6.68. The molecule has 2 fully saturated rings. The highest BCUT2D eigenvalue weighted by Crippen LogP contribution is 2.37. The van der Waals surface area contributed by atoms with E-state index in [0.717, 1.165) is 11.3 Å². The second-order valence-electron chi connectivity index (χ2n) is 7.68. The molecule has 4 amide bonds. The molecule has 0 saturated carbocycles. The summed E-state index contributed by atoms with van der Waals surface area (Å²) < 4.78 is 10.8. The number of methoxy groups -OCH3 is 1. The molecular weight excluding hydrogens is 386 g/mol. The van der Waals surface area contributed by atoms with Crippen molar-refractivity contribution in [2.24, 2.45) is 0 Å². The highest BCUT2D eigenvalue weighted by Gasteiger charge is 2.44. The van der Waals surface area contributed by atoms with Crippen LogP contribution in [0.15, 0.2) is 36.9 Å². The summed E-state index contributed by atoms with van der Waals surface area (Å²) in [7, 11) is 1.62. The van der Waals surface area contributed by atoms with E-state index in [9.17, 15) is 14.4 Å². The van der Waals surface area contributed by atoms with Gasteiger partial charge in [0.15, 0.2) is 0 Å². The third kappa shape index (κ3) is 4.81. The number of ether oxygens (including phenoxy) is 2. The van der Waals surface area contributed by atoms with Gasteiger partial charge >= 0.3 is 6.03 Å². The van der Waals surface area contributed by atoms with E-state index in [1.165, 1.54) is 4.90 Å². The van der Waals surface area contributed by atoms with Gasteiger partial charge in [-0.15, -0.1) is 6.58 Å². The first-order valence-corrected chi connectivity index (χ1v) is 10.2. The third-order valence-corrected chi connectivity index (χ3v) is 5.82. The van der Waals surface area contributed by atoms with E-state index in [2.05, 4.69) is 17.2 Å². The minimum absolute atomic E-state index is 0.163. The monoisotopic (exact) mass is 415 g/mol. The SMILES string of the molecule is C=CCNC(=O)CCC1NC(=O)N(CC2(c3ccc(OC)cc3)CCOCC2)C1=O. The molecule has 0 bridgehead atoms. The number of nitrogens with zero attached hydrogens (tertiary/aromatic N) is 1. The maximum Gasteiger partial charge on any atom is 0.324 e. The number of urea groups is 1. The van der Waals surface area contributed by atoms with Crippen molar-refractivity contribution >= 4 is 17.8 Å². The maximum atomic E-state index is 12.9. The van der Waals surface area contributed by atoms with Crippen molar-refractivity contribution in [3.63, 3.8) is 0 Å². The van der Waals surface area contributed by atoms with Crippen LogP contribution in [0.4, 0.5) is 4.79 Å². The first-order chi connectivity index (χ1) is 14.5. The number of hydrogen-bond donors (Lipinski definition) is 2. The van der Waals surface area contributed by atoms with Crippen LogP contribution in [-0.2, 0) is 19.7 Å². The summed E-state index contributed by atoms with van der Waals surface area (Å²) in [6.45, 7) is 5.36. The molecule has 3 rings (SSSR count). The van der Waals surface area contributed by atoms with Crippen LogP contribution in [0.25, 0.3) is 0 Å². The van der Waals surface area contributed by atoms with Crippen molar-refractivity contribution in [3.05, 3.63) is 42.5 Å². The van der Waals surface area contributed by atoms with E-state index in [4.69, 9.17) is 9.47 Å². The lowest BCUT2D eigenvalue weighted by Gasteiger charge is -2.39. The van der Waals surface area contributed by atoms with Gasteiger partial charge in [-0.2, -0.15) is 0 Å². The largest absolute Gasteiger partial charge is 0.497 e. The quantitative estimate of drug-likeness (QED) is 0.473. The fourth-order valence-electron chi connectivity index (χ4n) is 4.02. The molecule has 162 valence electrons. The third-order valence-electron chi connectivity index (χ3n) is 5.82. The van der Waals surface area contributed by atoms with Crippen LogP contribution in [0.3, 0.4) is 0 Å².